The van der Waals surface area contributed by atoms with E-state index in [9.17, 15) is 23.3 Å². The molecule has 0 atom stereocenters. The normalized spacial score (nSPS) is 18.9. The number of nitrogens with zero attached hydrogens (tertiary/aromatic N) is 3. The van der Waals surface area contributed by atoms with Crippen LogP contribution < -0.4 is 5.32 Å². The van der Waals surface area contributed by atoms with Crippen LogP contribution in [0.4, 0.5) is 4.79 Å². The maximum absolute atomic E-state index is 12.9. The van der Waals surface area contributed by atoms with Gasteiger partial charge in [-0.05, 0) is 44.7 Å². The van der Waals surface area contributed by atoms with Gasteiger partial charge in [0, 0.05) is 38.1 Å². The molecule has 9 nitrogen and oxygen atoms in total. The van der Waals surface area contributed by atoms with Gasteiger partial charge in [0.15, 0.2) is 0 Å². The van der Waals surface area contributed by atoms with Crippen LogP contribution in [0.25, 0.3) is 0 Å². The van der Waals surface area contributed by atoms with Crippen LogP contribution in [0.5, 0.6) is 0 Å². The number of ether oxygens (including phenoxy) is 1. The van der Waals surface area contributed by atoms with Crippen molar-refractivity contribution in [3.8, 4) is 6.07 Å². The maximum Gasteiger partial charge on any atom is 0.409 e. The molecule has 2 heterocycles. The SMILES string of the molecule is CCOC(=O)N1CCC(NC(=O)C2CCN(S(=O)(=O)c3ccccc3C#N)CC2)CC1. The standard InChI is InChI=1S/C21H28N4O5S/c1-2-30-21(27)24-11-9-18(10-12-24)23-20(26)16-7-13-25(14-8-16)31(28,29)19-6-4-3-5-17(19)15-22/h3-6,16,18H,2,7-14H2,1H3,(H,23,26). The zero-order valence-corrected chi connectivity index (χ0v) is 18.4. The van der Waals surface area contributed by atoms with Gasteiger partial charge in [-0.2, -0.15) is 9.57 Å². The molecule has 0 unspecified atom stereocenters. The molecule has 2 aliphatic rings. The summed E-state index contributed by atoms with van der Waals surface area (Å²) in [5, 5.41) is 12.3. The molecule has 0 spiro atoms. The molecular weight excluding hydrogens is 420 g/mol. The van der Waals surface area contributed by atoms with E-state index in [1.54, 1.807) is 24.0 Å². The first-order chi connectivity index (χ1) is 14.9. The van der Waals surface area contributed by atoms with Crippen LogP contribution in [-0.2, 0) is 19.6 Å². The highest BCUT2D eigenvalue weighted by Crippen LogP contribution is 2.26. The Balaban J connectivity index is 1.50. The predicted octanol–water partition coefficient (Wildman–Crippen LogP) is 1.70. The van der Waals surface area contributed by atoms with E-state index in [1.807, 2.05) is 6.07 Å². The molecule has 0 aliphatic carbocycles. The fraction of sp³-hybridized carbons (Fsp3) is 0.571. The minimum absolute atomic E-state index is 0.00226. The molecule has 0 aromatic heterocycles. The number of carbonyl (C=O) groups excluding carboxylic acids is 2. The van der Waals surface area contributed by atoms with Crippen LogP contribution in [0, 0.1) is 17.2 Å². The van der Waals surface area contributed by atoms with Crippen molar-refractivity contribution in [2.75, 3.05) is 32.8 Å². The van der Waals surface area contributed by atoms with Gasteiger partial charge in [0.25, 0.3) is 0 Å². The van der Waals surface area contributed by atoms with E-state index in [4.69, 9.17) is 4.74 Å². The zero-order chi connectivity index (χ0) is 22.4. The van der Waals surface area contributed by atoms with Crippen LogP contribution in [0.1, 0.15) is 38.2 Å². The summed E-state index contributed by atoms with van der Waals surface area (Å²) in [7, 11) is -3.77. The Morgan fingerprint density at radius 1 is 1.13 bits per heavy atom. The zero-order valence-electron chi connectivity index (χ0n) is 17.6. The summed E-state index contributed by atoms with van der Waals surface area (Å²) in [4.78, 5) is 26.1. The van der Waals surface area contributed by atoms with E-state index in [2.05, 4.69) is 5.32 Å². The number of likely N-dealkylation sites (tertiary alicyclic amines) is 1. The van der Waals surface area contributed by atoms with Crippen molar-refractivity contribution >= 4 is 22.0 Å². The third-order valence-corrected chi connectivity index (χ3v) is 7.77. The molecule has 0 radical (unpaired) electrons. The Hall–Kier alpha value is -2.64. The molecule has 1 N–H and O–H groups in total. The van der Waals surface area contributed by atoms with Crippen LogP contribution in [0.3, 0.4) is 0 Å². The number of benzene rings is 1. The van der Waals surface area contributed by atoms with Gasteiger partial charge < -0.3 is 15.0 Å². The minimum atomic E-state index is -3.77. The Kier molecular flexibility index (Phi) is 7.51. The number of nitrogens with one attached hydrogen (secondary N) is 1. The smallest absolute Gasteiger partial charge is 0.409 e. The van der Waals surface area contributed by atoms with Crippen molar-refractivity contribution in [2.45, 2.75) is 43.5 Å². The molecular formula is C21H28N4O5S. The van der Waals surface area contributed by atoms with E-state index in [0.29, 0.717) is 45.4 Å². The first-order valence-electron chi connectivity index (χ1n) is 10.6. The quantitative estimate of drug-likeness (QED) is 0.732. The average Bonchev–Trinajstić information content (AvgIpc) is 2.79. The van der Waals surface area contributed by atoms with Gasteiger partial charge in [-0.1, -0.05) is 12.1 Å². The Bertz CT molecular complexity index is 943. The molecule has 2 amide bonds. The van der Waals surface area contributed by atoms with Gasteiger partial charge in [-0.15, -0.1) is 0 Å². The highest BCUT2D eigenvalue weighted by molar-refractivity contribution is 7.89. The molecule has 2 fully saturated rings. The van der Waals surface area contributed by atoms with Gasteiger partial charge in [-0.25, -0.2) is 13.2 Å². The Morgan fingerprint density at radius 2 is 1.77 bits per heavy atom. The summed E-state index contributed by atoms with van der Waals surface area (Å²) in [6.07, 6.45) is 1.88. The summed E-state index contributed by atoms with van der Waals surface area (Å²) >= 11 is 0. The summed E-state index contributed by atoms with van der Waals surface area (Å²) in [6.45, 7) is 3.66. The second-order valence-electron chi connectivity index (χ2n) is 7.76. The van der Waals surface area contributed by atoms with Crippen molar-refractivity contribution in [1.82, 2.24) is 14.5 Å². The number of sulfonamides is 1. The molecule has 2 aliphatic heterocycles. The fourth-order valence-corrected chi connectivity index (χ4v) is 5.63. The molecule has 0 saturated carbocycles. The molecule has 1 aromatic rings. The Labute approximate surface area is 183 Å². The van der Waals surface area contributed by atoms with E-state index >= 15 is 0 Å². The average molecular weight is 449 g/mol. The minimum Gasteiger partial charge on any atom is -0.450 e. The van der Waals surface area contributed by atoms with E-state index < -0.39 is 10.0 Å². The number of amides is 2. The topological polar surface area (TPSA) is 120 Å². The molecule has 2 saturated heterocycles. The van der Waals surface area contributed by atoms with Crippen LogP contribution >= 0.6 is 0 Å². The summed E-state index contributed by atoms with van der Waals surface area (Å²) < 4.78 is 32.2. The number of hydrogen-bond acceptors (Lipinski definition) is 6. The predicted molar refractivity (Wildman–Crippen MR) is 112 cm³/mol. The number of carbonyl (C=O) groups is 2. The summed E-state index contributed by atoms with van der Waals surface area (Å²) in [5.74, 6) is -0.315. The highest BCUT2D eigenvalue weighted by atomic mass is 32.2. The second kappa shape index (κ2) is 10.1. The van der Waals surface area contributed by atoms with E-state index in [-0.39, 0.29) is 47.5 Å². The summed E-state index contributed by atoms with van der Waals surface area (Å²) in [5.41, 5.74) is 0.122. The van der Waals surface area contributed by atoms with Crippen molar-refractivity contribution in [2.24, 2.45) is 5.92 Å². The number of nitriles is 1. The maximum atomic E-state index is 12.9. The van der Waals surface area contributed by atoms with Gasteiger partial charge in [0.2, 0.25) is 15.9 Å². The van der Waals surface area contributed by atoms with Crippen LogP contribution in [0.15, 0.2) is 29.2 Å². The third-order valence-electron chi connectivity index (χ3n) is 5.82. The van der Waals surface area contributed by atoms with Crippen molar-refractivity contribution in [1.29, 1.82) is 5.26 Å². The van der Waals surface area contributed by atoms with Crippen molar-refractivity contribution in [3.63, 3.8) is 0 Å². The Morgan fingerprint density at radius 3 is 2.39 bits per heavy atom. The van der Waals surface area contributed by atoms with E-state index in [0.717, 1.165) is 0 Å². The molecule has 168 valence electrons. The van der Waals surface area contributed by atoms with Gasteiger partial charge >= 0.3 is 6.09 Å². The number of piperidine rings is 2. The molecule has 31 heavy (non-hydrogen) atoms. The van der Waals surface area contributed by atoms with Crippen LogP contribution in [-0.4, -0.2) is 68.5 Å². The van der Waals surface area contributed by atoms with Gasteiger partial charge in [-0.3, -0.25) is 4.79 Å². The largest absolute Gasteiger partial charge is 0.450 e. The lowest BCUT2D eigenvalue weighted by molar-refractivity contribution is -0.127. The lowest BCUT2D eigenvalue weighted by atomic mass is 9.96. The molecule has 1 aromatic carbocycles. The van der Waals surface area contributed by atoms with Crippen molar-refractivity contribution < 1.29 is 22.7 Å². The van der Waals surface area contributed by atoms with E-state index in [1.165, 1.54) is 16.4 Å². The highest BCUT2D eigenvalue weighted by Gasteiger charge is 2.34. The number of hydrogen-bond donors (Lipinski definition) is 1. The van der Waals surface area contributed by atoms with Gasteiger partial charge in [0.1, 0.15) is 6.07 Å². The first kappa shape index (κ1) is 23.0. The van der Waals surface area contributed by atoms with Crippen LogP contribution in [0.2, 0.25) is 0 Å². The monoisotopic (exact) mass is 448 g/mol. The third kappa shape index (κ3) is 5.35. The second-order valence-corrected chi connectivity index (χ2v) is 9.66. The van der Waals surface area contributed by atoms with Gasteiger partial charge in [0.05, 0.1) is 17.1 Å². The molecule has 3 rings (SSSR count). The summed E-state index contributed by atoms with van der Waals surface area (Å²) in [6, 6.07) is 8.09. The molecule has 0 bridgehead atoms. The first-order valence-corrected chi connectivity index (χ1v) is 12.0. The lowest BCUT2D eigenvalue weighted by Gasteiger charge is -2.34. The fourth-order valence-electron chi connectivity index (χ4n) is 4.02. The lowest BCUT2D eigenvalue weighted by Crippen LogP contribution is -2.49. The number of rotatable bonds is 5. The van der Waals surface area contributed by atoms with Crippen molar-refractivity contribution in [3.05, 3.63) is 29.8 Å². The molecule has 10 heteroatoms.